The van der Waals surface area contributed by atoms with Crippen LogP contribution in [0.4, 0.5) is 0 Å². The third-order valence-corrected chi connectivity index (χ3v) is 2.65. The molecule has 0 amide bonds. The summed E-state index contributed by atoms with van der Waals surface area (Å²) >= 11 is 0. The quantitative estimate of drug-likeness (QED) is 0.609. The van der Waals surface area contributed by atoms with E-state index in [1.54, 1.807) is 25.3 Å². The van der Waals surface area contributed by atoms with Crippen LogP contribution in [0.2, 0.25) is 0 Å². The summed E-state index contributed by atoms with van der Waals surface area (Å²) in [7, 11) is 1.59. The molecule has 0 aliphatic heterocycles. The van der Waals surface area contributed by atoms with Gasteiger partial charge in [-0.25, -0.2) is 0 Å². The number of fused-ring (bicyclic) bond motifs is 1. The van der Waals surface area contributed by atoms with Gasteiger partial charge in [-0.15, -0.1) is 6.42 Å². The molecule has 2 aromatic carbocycles. The van der Waals surface area contributed by atoms with Gasteiger partial charge in [0.1, 0.15) is 18.1 Å². The molecule has 0 saturated carbocycles. The van der Waals surface area contributed by atoms with Crippen LogP contribution in [0.1, 0.15) is 10.4 Å². The Balaban J connectivity index is 2.72. The van der Waals surface area contributed by atoms with Crippen LogP contribution in [-0.2, 0) is 0 Å². The molecular formula is C15H12O3. The van der Waals surface area contributed by atoms with Gasteiger partial charge < -0.3 is 9.47 Å². The SMILES string of the molecule is C#CCOc1cccc2c(OC)ccc(C=O)c12. The van der Waals surface area contributed by atoms with Crippen molar-refractivity contribution in [2.45, 2.75) is 0 Å². The Morgan fingerprint density at radius 3 is 2.78 bits per heavy atom. The Bertz CT molecular complexity index is 623. The first-order valence-electron chi connectivity index (χ1n) is 5.43. The van der Waals surface area contributed by atoms with Crippen molar-refractivity contribution in [2.75, 3.05) is 13.7 Å². The van der Waals surface area contributed by atoms with Crippen molar-refractivity contribution in [3.05, 3.63) is 35.9 Å². The average molecular weight is 240 g/mol. The zero-order chi connectivity index (χ0) is 13.0. The molecule has 0 unspecified atom stereocenters. The summed E-state index contributed by atoms with van der Waals surface area (Å²) in [6, 6.07) is 8.97. The number of benzene rings is 2. The minimum Gasteiger partial charge on any atom is -0.496 e. The topological polar surface area (TPSA) is 35.5 Å². The van der Waals surface area contributed by atoms with Crippen LogP contribution in [0.15, 0.2) is 30.3 Å². The van der Waals surface area contributed by atoms with Crippen LogP contribution in [0.25, 0.3) is 10.8 Å². The molecule has 18 heavy (non-hydrogen) atoms. The molecule has 0 atom stereocenters. The Kier molecular flexibility index (Phi) is 3.49. The summed E-state index contributed by atoms with van der Waals surface area (Å²) in [5.74, 6) is 3.69. The molecule has 90 valence electrons. The zero-order valence-electron chi connectivity index (χ0n) is 9.97. The van der Waals surface area contributed by atoms with Crippen LogP contribution >= 0.6 is 0 Å². The van der Waals surface area contributed by atoms with Gasteiger partial charge in [0.2, 0.25) is 0 Å². The predicted molar refractivity (Wildman–Crippen MR) is 70.2 cm³/mol. The molecule has 0 spiro atoms. The standard InChI is InChI=1S/C15H12O3/c1-3-9-18-14-6-4-5-12-13(17-2)8-7-11(10-16)15(12)14/h1,4-8,10H,9H2,2H3. The third kappa shape index (κ3) is 2.01. The van der Waals surface area contributed by atoms with Crippen molar-refractivity contribution in [3.8, 4) is 23.8 Å². The second-order valence-electron chi connectivity index (χ2n) is 3.65. The van der Waals surface area contributed by atoms with Crippen molar-refractivity contribution in [3.63, 3.8) is 0 Å². The molecule has 0 saturated heterocycles. The molecule has 0 N–H and O–H groups in total. The zero-order valence-corrected chi connectivity index (χ0v) is 9.97. The van der Waals surface area contributed by atoms with E-state index in [0.717, 1.165) is 17.1 Å². The molecule has 0 fully saturated rings. The smallest absolute Gasteiger partial charge is 0.150 e. The number of ether oxygens (including phenoxy) is 2. The van der Waals surface area contributed by atoms with Gasteiger partial charge in [0.25, 0.3) is 0 Å². The summed E-state index contributed by atoms with van der Waals surface area (Å²) in [6.07, 6.45) is 5.97. The highest BCUT2D eigenvalue weighted by atomic mass is 16.5. The molecule has 0 aliphatic rings. The number of terminal acetylenes is 1. The molecule has 0 radical (unpaired) electrons. The van der Waals surface area contributed by atoms with Crippen LogP contribution in [0.5, 0.6) is 11.5 Å². The summed E-state index contributed by atoms with van der Waals surface area (Å²) in [6.45, 7) is 0.161. The van der Waals surface area contributed by atoms with E-state index >= 15 is 0 Å². The van der Waals surface area contributed by atoms with Crippen LogP contribution in [0.3, 0.4) is 0 Å². The molecule has 0 aliphatic carbocycles. The molecule has 0 bridgehead atoms. The first-order valence-corrected chi connectivity index (χ1v) is 5.43. The van der Waals surface area contributed by atoms with E-state index in [1.807, 2.05) is 12.1 Å². The molecule has 0 heterocycles. The average Bonchev–Trinajstić information content (AvgIpc) is 2.43. The normalized spacial score (nSPS) is 9.78. The van der Waals surface area contributed by atoms with E-state index in [0.29, 0.717) is 17.1 Å². The number of hydrogen-bond acceptors (Lipinski definition) is 3. The summed E-state index contributed by atoms with van der Waals surface area (Å²) in [5, 5.41) is 1.55. The summed E-state index contributed by atoms with van der Waals surface area (Å²) in [5.41, 5.74) is 0.554. The Hall–Kier alpha value is -2.47. The largest absolute Gasteiger partial charge is 0.496 e. The van der Waals surface area contributed by atoms with E-state index in [-0.39, 0.29) is 6.61 Å². The fourth-order valence-corrected chi connectivity index (χ4v) is 1.89. The van der Waals surface area contributed by atoms with Gasteiger partial charge >= 0.3 is 0 Å². The molecule has 3 heteroatoms. The van der Waals surface area contributed by atoms with Crippen LogP contribution in [-0.4, -0.2) is 20.0 Å². The maximum absolute atomic E-state index is 11.1. The second-order valence-corrected chi connectivity index (χ2v) is 3.65. The van der Waals surface area contributed by atoms with Gasteiger partial charge in [-0.3, -0.25) is 4.79 Å². The summed E-state index contributed by atoms with van der Waals surface area (Å²) in [4.78, 5) is 11.1. The fourth-order valence-electron chi connectivity index (χ4n) is 1.89. The lowest BCUT2D eigenvalue weighted by Gasteiger charge is -2.11. The first-order chi connectivity index (χ1) is 8.81. The number of aldehydes is 1. The van der Waals surface area contributed by atoms with E-state index < -0.39 is 0 Å². The van der Waals surface area contributed by atoms with Gasteiger partial charge in [-0.1, -0.05) is 18.1 Å². The van der Waals surface area contributed by atoms with Gasteiger partial charge in [-0.05, 0) is 18.2 Å². The highest BCUT2D eigenvalue weighted by Gasteiger charge is 2.10. The number of carbonyl (C=O) groups is 1. The van der Waals surface area contributed by atoms with Crippen molar-refractivity contribution in [2.24, 2.45) is 0 Å². The van der Waals surface area contributed by atoms with E-state index in [4.69, 9.17) is 15.9 Å². The summed E-state index contributed by atoms with van der Waals surface area (Å²) < 4.78 is 10.7. The van der Waals surface area contributed by atoms with Gasteiger partial charge in [0, 0.05) is 16.3 Å². The Morgan fingerprint density at radius 1 is 1.28 bits per heavy atom. The van der Waals surface area contributed by atoms with Crippen molar-refractivity contribution in [1.29, 1.82) is 0 Å². The number of methoxy groups -OCH3 is 1. The Morgan fingerprint density at radius 2 is 2.11 bits per heavy atom. The highest BCUT2D eigenvalue weighted by molar-refractivity contribution is 6.04. The van der Waals surface area contributed by atoms with Crippen molar-refractivity contribution in [1.82, 2.24) is 0 Å². The maximum atomic E-state index is 11.1. The fraction of sp³-hybridized carbons (Fsp3) is 0.133. The molecule has 3 nitrogen and oxygen atoms in total. The van der Waals surface area contributed by atoms with Gasteiger partial charge in [0.15, 0.2) is 6.29 Å². The van der Waals surface area contributed by atoms with Crippen molar-refractivity contribution >= 4 is 17.1 Å². The number of rotatable bonds is 4. The predicted octanol–water partition coefficient (Wildman–Crippen LogP) is 2.67. The lowest BCUT2D eigenvalue weighted by atomic mass is 10.0. The second kappa shape index (κ2) is 5.24. The first kappa shape index (κ1) is 12.0. The lowest BCUT2D eigenvalue weighted by molar-refractivity contribution is 0.112. The van der Waals surface area contributed by atoms with E-state index in [1.165, 1.54) is 0 Å². The van der Waals surface area contributed by atoms with Gasteiger partial charge in [-0.2, -0.15) is 0 Å². The highest BCUT2D eigenvalue weighted by Crippen LogP contribution is 2.34. The molecule has 2 aromatic rings. The lowest BCUT2D eigenvalue weighted by Crippen LogP contribution is -1.97. The van der Waals surface area contributed by atoms with Crippen molar-refractivity contribution < 1.29 is 14.3 Å². The minimum absolute atomic E-state index is 0.161. The van der Waals surface area contributed by atoms with Crippen LogP contribution in [0, 0.1) is 12.3 Å². The number of carbonyl (C=O) groups excluding carboxylic acids is 1. The minimum atomic E-state index is 0.161. The third-order valence-electron chi connectivity index (χ3n) is 2.65. The monoisotopic (exact) mass is 240 g/mol. The molecule has 2 rings (SSSR count). The van der Waals surface area contributed by atoms with E-state index in [9.17, 15) is 4.79 Å². The van der Waals surface area contributed by atoms with E-state index in [2.05, 4.69) is 5.92 Å². The molecule has 0 aromatic heterocycles. The Labute approximate surface area is 105 Å². The number of hydrogen-bond donors (Lipinski definition) is 0. The molecular weight excluding hydrogens is 228 g/mol. The van der Waals surface area contributed by atoms with Crippen LogP contribution < -0.4 is 9.47 Å². The maximum Gasteiger partial charge on any atom is 0.150 e. The van der Waals surface area contributed by atoms with Gasteiger partial charge in [0.05, 0.1) is 7.11 Å².